The maximum atomic E-state index is 11.1. The number of ether oxygens (including phenoxy) is 1. The van der Waals surface area contributed by atoms with Crippen molar-refractivity contribution in [3.63, 3.8) is 0 Å². The SMILES string of the molecule is C[C@@H]1CN(c2ccn3ncc(C(=O)O)c3n2)C[C@@H](C)O1. The summed E-state index contributed by atoms with van der Waals surface area (Å²) in [6.45, 7) is 5.51. The van der Waals surface area contributed by atoms with Crippen LogP contribution in [0, 0.1) is 0 Å². The number of hydrogen-bond acceptors (Lipinski definition) is 5. The number of anilines is 1. The van der Waals surface area contributed by atoms with Crippen molar-refractivity contribution in [3.05, 3.63) is 24.0 Å². The topological polar surface area (TPSA) is 80.0 Å². The zero-order valence-corrected chi connectivity index (χ0v) is 11.4. The predicted molar refractivity (Wildman–Crippen MR) is 72.2 cm³/mol. The van der Waals surface area contributed by atoms with Crippen LogP contribution < -0.4 is 4.90 Å². The molecule has 1 aliphatic heterocycles. The van der Waals surface area contributed by atoms with Crippen LogP contribution in [0.1, 0.15) is 24.2 Å². The Bertz CT molecular complexity index is 644. The van der Waals surface area contributed by atoms with Crippen molar-refractivity contribution in [2.24, 2.45) is 0 Å². The summed E-state index contributed by atoms with van der Waals surface area (Å²) in [5, 5.41) is 13.1. The van der Waals surface area contributed by atoms with E-state index < -0.39 is 5.97 Å². The molecule has 0 aromatic carbocycles. The number of hydrogen-bond donors (Lipinski definition) is 1. The molecule has 7 heteroatoms. The molecule has 1 fully saturated rings. The number of carboxylic acids is 1. The summed E-state index contributed by atoms with van der Waals surface area (Å²) in [5.41, 5.74) is 0.475. The normalized spacial score (nSPS) is 23.2. The van der Waals surface area contributed by atoms with Crippen LogP contribution in [-0.4, -0.2) is 51.0 Å². The number of carbonyl (C=O) groups is 1. The van der Waals surface area contributed by atoms with Gasteiger partial charge in [0.05, 0.1) is 18.4 Å². The minimum Gasteiger partial charge on any atom is -0.477 e. The number of morpholine rings is 1. The van der Waals surface area contributed by atoms with Crippen LogP contribution in [-0.2, 0) is 4.74 Å². The second kappa shape index (κ2) is 4.75. The second-order valence-corrected chi connectivity index (χ2v) is 5.08. The zero-order chi connectivity index (χ0) is 14.3. The smallest absolute Gasteiger partial charge is 0.341 e. The molecule has 7 nitrogen and oxygen atoms in total. The Kier molecular flexibility index (Phi) is 3.06. The molecule has 3 rings (SSSR count). The molecule has 1 N–H and O–H groups in total. The van der Waals surface area contributed by atoms with E-state index in [9.17, 15) is 4.79 Å². The molecule has 1 saturated heterocycles. The molecule has 106 valence electrons. The molecule has 0 saturated carbocycles. The van der Waals surface area contributed by atoms with E-state index in [1.54, 1.807) is 6.20 Å². The molecule has 2 aromatic heterocycles. The van der Waals surface area contributed by atoms with E-state index in [1.165, 1.54) is 10.7 Å². The molecular weight excluding hydrogens is 260 g/mol. The number of aromatic nitrogens is 3. The summed E-state index contributed by atoms with van der Waals surface area (Å²) in [6, 6.07) is 1.84. The maximum absolute atomic E-state index is 11.1. The van der Waals surface area contributed by atoms with Gasteiger partial charge in [0, 0.05) is 19.3 Å². The van der Waals surface area contributed by atoms with Crippen molar-refractivity contribution >= 4 is 17.4 Å². The minimum atomic E-state index is -1.02. The Morgan fingerprint density at radius 2 is 2.10 bits per heavy atom. The highest BCUT2D eigenvalue weighted by atomic mass is 16.5. The summed E-state index contributed by atoms with van der Waals surface area (Å²) in [6.07, 6.45) is 3.30. The van der Waals surface area contributed by atoms with Crippen molar-refractivity contribution in [2.75, 3.05) is 18.0 Å². The van der Waals surface area contributed by atoms with E-state index in [-0.39, 0.29) is 17.8 Å². The Morgan fingerprint density at radius 1 is 1.40 bits per heavy atom. The molecule has 1 aliphatic rings. The Labute approximate surface area is 115 Å². The molecular formula is C13H16N4O3. The van der Waals surface area contributed by atoms with Gasteiger partial charge in [-0.15, -0.1) is 0 Å². The highest BCUT2D eigenvalue weighted by Gasteiger charge is 2.24. The lowest BCUT2D eigenvalue weighted by atomic mass is 10.2. The third kappa shape index (κ3) is 2.20. The number of rotatable bonds is 2. The summed E-state index contributed by atoms with van der Waals surface area (Å²) in [7, 11) is 0. The van der Waals surface area contributed by atoms with Crippen LogP contribution in [0.3, 0.4) is 0 Å². The van der Waals surface area contributed by atoms with Crippen molar-refractivity contribution in [1.82, 2.24) is 14.6 Å². The van der Waals surface area contributed by atoms with Gasteiger partial charge in [-0.05, 0) is 19.9 Å². The first kappa shape index (κ1) is 12.9. The molecule has 0 bridgehead atoms. The van der Waals surface area contributed by atoms with Crippen molar-refractivity contribution in [1.29, 1.82) is 0 Å². The molecule has 2 aromatic rings. The van der Waals surface area contributed by atoms with Crippen LogP contribution in [0.15, 0.2) is 18.5 Å². The quantitative estimate of drug-likeness (QED) is 0.883. The van der Waals surface area contributed by atoms with Gasteiger partial charge in [0.25, 0.3) is 0 Å². The highest BCUT2D eigenvalue weighted by Crippen LogP contribution is 2.20. The van der Waals surface area contributed by atoms with Crippen LogP contribution in [0.4, 0.5) is 5.82 Å². The van der Waals surface area contributed by atoms with Crippen molar-refractivity contribution in [3.8, 4) is 0 Å². The maximum Gasteiger partial charge on any atom is 0.341 e. The number of nitrogens with zero attached hydrogens (tertiary/aromatic N) is 4. The van der Waals surface area contributed by atoms with Gasteiger partial charge in [-0.25, -0.2) is 14.3 Å². The standard InChI is InChI=1S/C13H16N4O3/c1-8-6-16(7-9(2)20-8)11-3-4-17-12(15-11)10(5-14-17)13(18)19/h3-5,8-9H,6-7H2,1-2H3,(H,18,19)/t8-,9-/m1/s1. The Hall–Kier alpha value is -2.15. The van der Waals surface area contributed by atoms with Gasteiger partial charge < -0.3 is 14.7 Å². The first-order valence-electron chi connectivity index (χ1n) is 6.52. The van der Waals surface area contributed by atoms with Crippen LogP contribution >= 0.6 is 0 Å². The van der Waals surface area contributed by atoms with Gasteiger partial charge >= 0.3 is 5.97 Å². The molecule has 0 unspecified atom stereocenters. The van der Waals surface area contributed by atoms with E-state index >= 15 is 0 Å². The van der Waals surface area contributed by atoms with E-state index in [2.05, 4.69) is 15.0 Å². The van der Waals surface area contributed by atoms with Gasteiger partial charge in [0.15, 0.2) is 5.65 Å². The molecule has 2 atom stereocenters. The molecule has 3 heterocycles. The molecule has 0 aliphatic carbocycles. The average Bonchev–Trinajstić information content (AvgIpc) is 2.80. The van der Waals surface area contributed by atoms with Gasteiger partial charge in [0.2, 0.25) is 0 Å². The lowest BCUT2D eigenvalue weighted by Gasteiger charge is -2.36. The summed E-state index contributed by atoms with van der Waals surface area (Å²) >= 11 is 0. The van der Waals surface area contributed by atoms with Gasteiger partial charge in [-0.1, -0.05) is 0 Å². The number of aromatic carboxylic acids is 1. The van der Waals surface area contributed by atoms with Gasteiger partial charge in [-0.2, -0.15) is 5.10 Å². The van der Waals surface area contributed by atoms with Gasteiger partial charge in [-0.3, -0.25) is 0 Å². The first-order valence-corrected chi connectivity index (χ1v) is 6.52. The monoisotopic (exact) mass is 276 g/mol. The van der Waals surface area contributed by atoms with E-state index in [1.807, 2.05) is 19.9 Å². The average molecular weight is 276 g/mol. The van der Waals surface area contributed by atoms with Crippen molar-refractivity contribution < 1.29 is 14.6 Å². The molecule has 0 spiro atoms. The molecule has 0 radical (unpaired) electrons. The number of fused-ring (bicyclic) bond motifs is 1. The van der Waals surface area contributed by atoms with Crippen LogP contribution in [0.25, 0.3) is 5.65 Å². The fourth-order valence-corrected chi connectivity index (χ4v) is 2.55. The largest absolute Gasteiger partial charge is 0.477 e. The summed E-state index contributed by atoms with van der Waals surface area (Å²) in [4.78, 5) is 17.7. The molecule has 0 amide bonds. The Balaban J connectivity index is 1.99. The predicted octanol–water partition coefficient (Wildman–Crippen LogP) is 1.04. The lowest BCUT2D eigenvalue weighted by Crippen LogP contribution is -2.45. The van der Waals surface area contributed by atoms with E-state index in [0.29, 0.717) is 5.65 Å². The highest BCUT2D eigenvalue weighted by molar-refractivity contribution is 5.94. The fourth-order valence-electron chi connectivity index (χ4n) is 2.55. The summed E-state index contributed by atoms with van der Waals surface area (Å²) < 4.78 is 7.16. The fraction of sp³-hybridized carbons (Fsp3) is 0.462. The third-order valence-electron chi connectivity index (χ3n) is 3.33. The second-order valence-electron chi connectivity index (χ2n) is 5.08. The zero-order valence-electron chi connectivity index (χ0n) is 11.4. The van der Waals surface area contributed by atoms with E-state index in [0.717, 1.165) is 18.9 Å². The van der Waals surface area contributed by atoms with Crippen molar-refractivity contribution in [2.45, 2.75) is 26.1 Å². The third-order valence-corrected chi connectivity index (χ3v) is 3.33. The lowest BCUT2D eigenvalue weighted by molar-refractivity contribution is -0.00545. The summed E-state index contributed by atoms with van der Waals surface area (Å²) in [5.74, 6) is -0.268. The first-order chi connectivity index (χ1) is 9.54. The number of carboxylic acid groups (broad SMARTS) is 1. The van der Waals surface area contributed by atoms with Crippen LogP contribution in [0.5, 0.6) is 0 Å². The van der Waals surface area contributed by atoms with Crippen LogP contribution in [0.2, 0.25) is 0 Å². The Morgan fingerprint density at radius 3 is 2.75 bits per heavy atom. The minimum absolute atomic E-state index is 0.112. The van der Waals surface area contributed by atoms with Gasteiger partial charge in [0.1, 0.15) is 11.4 Å². The van der Waals surface area contributed by atoms with E-state index in [4.69, 9.17) is 9.84 Å². The molecule has 20 heavy (non-hydrogen) atoms.